The number of para-hydroxylation sites is 1. The van der Waals surface area contributed by atoms with Gasteiger partial charge in [0, 0.05) is 13.5 Å². The molecule has 0 radical (unpaired) electrons. The summed E-state index contributed by atoms with van der Waals surface area (Å²) >= 11 is 0. The van der Waals surface area contributed by atoms with Crippen molar-refractivity contribution in [3.05, 3.63) is 23.8 Å². The minimum absolute atomic E-state index is 0.0578. The number of rotatable bonds is 0. The molecule has 0 bridgehead atoms. The minimum Gasteiger partial charge on any atom is -0.381 e. The van der Waals surface area contributed by atoms with Crippen molar-refractivity contribution in [1.82, 2.24) is 0 Å². The minimum atomic E-state index is -0.199. The number of carbonyl (C=O) groups is 1. The second-order valence-corrected chi connectivity index (χ2v) is 6.97. The van der Waals surface area contributed by atoms with Gasteiger partial charge in [-0.05, 0) is 30.9 Å². The molecule has 3 nitrogen and oxygen atoms in total. The van der Waals surface area contributed by atoms with E-state index in [-0.39, 0.29) is 16.9 Å². The van der Waals surface area contributed by atoms with Gasteiger partial charge >= 0.3 is 0 Å². The number of anilines is 2. The van der Waals surface area contributed by atoms with E-state index >= 15 is 0 Å². The summed E-state index contributed by atoms with van der Waals surface area (Å²) in [5, 5.41) is 3.52. The Morgan fingerprint density at radius 3 is 2.47 bits per heavy atom. The van der Waals surface area contributed by atoms with Gasteiger partial charge in [-0.25, -0.2) is 0 Å². The van der Waals surface area contributed by atoms with E-state index in [1.165, 1.54) is 5.56 Å². The topological polar surface area (TPSA) is 32.3 Å². The largest absolute Gasteiger partial charge is 0.381 e. The zero-order valence-electron chi connectivity index (χ0n) is 12.8. The first-order chi connectivity index (χ1) is 8.64. The fraction of sp³-hybridized carbons (Fsp3) is 0.562. The fourth-order valence-corrected chi connectivity index (χ4v) is 2.84. The molecule has 1 aliphatic rings. The highest BCUT2D eigenvalue weighted by Gasteiger charge is 2.37. The maximum absolute atomic E-state index is 12.0. The molecular formula is C16H24N2O. The first-order valence-corrected chi connectivity index (χ1v) is 6.83. The summed E-state index contributed by atoms with van der Waals surface area (Å²) in [5.41, 5.74) is 3.21. The van der Waals surface area contributed by atoms with Crippen LogP contribution >= 0.6 is 0 Å². The molecule has 1 amide bonds. The van der Waals surface area contributed by atoms with Gasteiger partial charge in [-0.1, -0.05) is 32.9 Å². The lowest BCUT2D eigenvalue weighted by atomic mass is 9.83. The Labute approximate surface area is 116 Å². The number of carbonyl (C=O) groups excluding carboxylic acids is 1. The van der Waals surface area contributed by atoms with Crippen molar-refractivity contribution in [3.63, 3.8) is 0 Å². The van der Waals surface area contributed by atoms with Crippen LogP contribution in [0.25, 0.3) is 0 Å². The van der Waals surface area contributed by atoms with Crippen LogP contribution in [0.3, 0.4) is 0 Å². The number of nitrogens with zero attached hydrogens (tertiary/aromatic N) is 1. The van der Waals surface area contributed by atoms with E-state index in [0.29, 0.717) is 0 Å². The third-order valence-corrected chi connectivity index (χ3v) is 3.71. The molecule has 0 spiro atoms. The third-order valence-electron chi connectivity index (χ3n) is 3.71. The third kappa shape index (κ3) is 2.34. The van der Waals surface area contributed by atoms with Crippen molar-refractivity contribution in [2.75, 3.05) is 16.8 Å². The second kappa shape index (κ2) is 4.26. The highest BCUT2D eigenvalue weighted by atomic mass is 16.2. The van der Waals surface area contributed by atoms with Gasteiger partial charge < -0.3 is 10.2 Å². The smallest absolute Gasteiger partial charge is 0.224 e. The number of fused-ring (bicyclic) bond motifs is 1. The Balaban J connectivity index is 2.64. The molecule has 0 aliphatic carbocycles. The van der Waals surface area contributed by atoms with E-state index in [1.807, 2.05) is 17.0 Å². The zero-order valence-corrected chi connectivity index (χ0v) is 12.8. The normalized spacial score (nSPS) is 17.7. The van der Waals surface area contributed by atoms with E-state index in [0.717, 1.165) is 17.9 Å². The van der Waals surface area contributed by atoms with Crippen LogP contribution in [0, 0.1) is 0 Å². The van der Waals surface area contributed by atoms with Crippen LogP contribution in [-0.4, -0.2) is 18.0 Å². The molecule has 3 heteroatoms. The molecule has 0 aromatic heterocycles. The number of benzene rings is 1. The van der Waals surface area contributed by atoms with Crippen molar-refractivity contribution >= 4 is 17.3 Å². The summed E-state index contributed by atoms with van der Waals surface area (Å²) in [7, 11) is 0. The van der Waals surface area contributed by atoms with Crippen LogP contribution in [0.4, 0.5) is 11.4 Å². The molecule has 19 heavy (non-hydrogen) atoms. The van der Waals surface area contributed by atoms with Crippen LogP contribution in [0.2, 0.25) is 0 Å². The Hall–Kier alpha value is -1.51. The summed E-state index contributed by atoms with van der Waals surface area (Å²) in [6.45, 7) is 13.2. The Morgan fingerprint density at radius 1 is 1.32 bits per heavy atom. The molecule has 0 saturated heterocycles. The van der Waals surface area contributed by atoms with Crippen molar-refractivity contribution in [2.24, 2.45) is 0 Å². The molecule has 1 heterocycles. The molecule has 1 aromatic carbocycles. The van der Waals surface area contributed by atoms with Gasteiger partial charge in [-0.3, -0.25) is 4.79 Å². The number of nitrogens with one attached hydrogen (secondary N) is 1. The highest BCUT2D eigenvalue weighted by Crippen LogP contribution is 2.42. The van der Waals surface area contributed by atoms with E-state index in [2.05, 4.69) is 46.0 Å². The lowest BCUT2D eigenvalue weighted by Crippen LogP contribution is -2.54. The van der Waals surface area contributed by atoms with Crippen molar-refractivity contribution in [1.29, 1.82) is 0 Å². The molecule has 104 valence electrons. The van der Waals surface area contributed by atoms with Gasteiger partial charge in [-0.15, -0.1) is 0 Å². The van der Waals surface area contributed by atoms with Gasteiger partial charge in [0.1, 0.15) is 0 Å². The molecule has 0 atom stereocenters. The number of amides is 1. The predicted molar refractivity (Wildman–Crippen MR) is 80.9 cm³/mol. The van der Waals surface area contributed by atoms with Gasteiger partial charge in [0.2, 0.25) is 5.91 Å². The second-order valence-electron chi connectivity index (χ2n) is 6.97. The van der Waals surface area contributed by atoms with E-state index < -0.39 is 0 Å². The van der Waals surface area contributed by atoms with E-state index in [1.54, 1.807) is 6.92 Å². The average Bonchev–Trinajstić information content (AvgIpc) is 2.24. The van der Waals surface area contributed by atoms with Crippen LogP contribution in [0.5, 0.6) is 0 Å². The summed E-state index contributed by atoms with van der Waals surface area (Å²) < 4.78 is 0. The number of hydrogen-bond acceptors (Lipinski definition) is 2. The lowest BCUT2D eigenvalue weighted by Gasteiger charge is -2.45. The van der Waals surface area contributed by atoms with Gasteiger partial charge in [0.15, 0.2) is 0 Å². The average molecular weight is 260 g/mol. The highest BCUT2D eigenvalue weighted by molar-refractivity contribution is 5.98. The fourth-order valence-electron chi connectivity index (χ4n) is 2.84. The van der Waals surface area contributed by atoms with Crippen molar-refractivity contribution in [2.45, 2.75) is 52.5 Å². The van der Waals surface area contributed by atoms with Crippen molar-refractivity contribution in [3.8, 4) is 0 Å². The maximum Gasteiger partial charge on any atom is 0.224 e. The molecule has 0 saturated carbocycles. The first-order valence-electron chi connectivity index (χ1n) is 6.83. The Morgan fingerprint density at radius 2 is 1.95 bits per heavy atom. The van der Waals surface area contributed by atoms with Crippen LogP contribution in [-0.2, 0) is 10.2 Å². The Kier molecular flexibility index (Phi) is 3.12. The monoisotopic (exact) mass is 260 g/mol. The maximum atomic E-state index is 12.0. The predicted octanol–water partition coefficient (Wildman–Crippen LogP) is 3.54. The first kappa shape index (κ1) is 13.9. The quantitative estimate of drug-likeness (QED) is 0.774. The molecule has 1 aromatic rings. The van der Waals surface area contributed by atoms with Gasteiger partial charge in [-0.2, -0.15) is 0 Å². The Bertz CT molecular complexity index is 512. The van der Waals surface area contributed by atoms with E-state index in [9.17, 15) is 4.79 Å². The summed E-state index contributed by atoms with van der Waals surface area (Å²) in [4.78, 5) is 13.9. The summed E-state index contributed by atoms with van der Waals surface area (Å²) in [6.07, 6.45) is 0. The van der Waals surface area contributed by atoms with Gasteiger partial charge in [0.25, 0.3) is 0 Å². The molecule has 2 rings (SSSR count). The summed E-state index contributed by atoms with van der Waals surface area (Å²) in [6, 6.07) is 6.21. The molecule has 0 fully saturated rings. The van der Waals surface area contributed by atoms with Crippen LogP contribution in [0.1, 0.15) is 47.1 Å². The SMILES string of the molecule is CC(=O)N1c2cccc(C(C)(C)C)c2NCC1(C)C. The zero-order chi connectivity index (χ0) is 14.4. The molecule has 1 aliphatic heterocycles. The lowest BCUT2D eigenvalue weighted by molar-refractivity contribution is -0.117. The molecule has 0 unspecified atom stereocenters. The molecular weight excluding hydrogens is 236 g/mol. The summed E-state index contributed by atoms with van der Waals surface area (Å²) in [5.74, 6) is 0.0961. The van der Waals surface area contributed by atoms with Gasteiger partial charge in [0.05, 0.1) is 16.9 Å². The van der Waals surface area contributed by atoms with Crippen LogP contribution in [0.15, 0.2) is 18.2 Å². The standard InChI is InChI=1S/C16H24N2O/c1-11(19)18-13-9-7-8-12(15(2,3)4)14(13)17-10-16(18,5)6/h7-9,17H,10H2,1-6H3. The van der Waals surface area contributed by atoms with E-state index in [4.69, 9.17) is 0 Å². The van der Waals surface area contributed by atoms with Crippen molar-refractivity contribution < 1.29 is 4.79 Å². The van der Waals surface area contributed by atoms with Crippen LogP contribution < -0.4 is 10.2 Å². The number of hydrogen-bond donors (Lipinski definition) is 1. The molecule has 1 N–H and O–H groups in total.